The number of anilines is 1. The van der Waals surface area contributed by atoms with E-state index in [1.165, 1.54) is 17.6 Å². The van der Waals surface area contributed by atoms with Gasteiger partial charge < -0.3 is 19.3 Å². The zero-order valence-corrected chi connectivity index (χ0v) is 24.8. The number of halogens is 3. The molecule has 1 amide bonds. The molecule has 1 aromatic heterocycles. The van der Waals surface area contributed by atoms with Crippen molar-refractivity contribution in [2.45, 2.75) is 19.1 Å². The number of hydrogen-bond acceptors (Lipinski definition) is 8. The number of piperazine rings is 1. The fourth-order valence-corrected chi connectivity index (χ4v) is 5.95. The normalized spacial score (nSPS) is 16.2. The molecule has 0 spiro atoms. The maximum atomic E-state index is 13.6. The van der Waals surface area contributed by atoms with E-state index < -0.39 is 11.7 Å². The van der Waals surface area contributed by atoms with Gasteiger partial charge >= 0.3 is 6.18 Å². The summed E-state index contributed by atoms with van der Waals surface area (Å²) in [5.41, 5.74) is 2.34. The second kappa shape index (κ2) is 13.3. The summed E-state index contributed by atoms with van der Waals surface area (Å²) in [6.07, 6.45) is -3.79. The highest BCUT2D eigenvalue weighted by Gasteiger charge is 2.31. The second-order valence-electron chi connectivity index (χ2n) is 10.8. The average molecular weight is 624 g/mol. The van der Waals surface area contributed by atoms with E-state index in [1.54, 1.807) is 23.1 Å². The number of carbonyl (C=O) groups excluding carboxylic acids is 1. The third kappa shape index (κ3) is 7.37. The van der Waals surface area contributed by atoms with E-state index in [2.05, 4.69) is 14.3 Å². The molecular formula is C32H32F3N5O3S. The summed E-state index contributed by atoms with van der Waals surface area (Å²) in [5.74, 6) is 1.18. The van der Waals surface area contributed by atoms with E-state index >= 15 is 0 Å². The molecule has 0 saturated carbocycles. The number of hydrogen-bond donors (Lipinski definition) is 0. The summed E-state index contributed by atoms with van der Waals surface area (Å²) in [7, 11) is 0. The van der Waals surface area contributed by atoms with Crippen molar-refractivity contribution >= 4 is 23.1 Å². The molecule has 12 heteroatoms. The van der Waals surface area contributed by atoms with Crippen LogP contribution in [0.2, 0.25) is 0 Å². The first-order valence-corrected chi connectivity index (χ1v) is 15.3. The monoisotopic (exact) mass is 623 g/mol. The molecule has 8 nitrogen and oxygen atoms in total. The van der Waals surface area contributed by atoms with Gasteiger partial charge in [0.15, 0.2) is 5.82 Å². The Hall–Kier alpha value is -4.00. The Balaban J connectivity index is 1.15. The highest BCUT2D eigenvalue weighted by molar-refractivity contribution is 7.07. The minimum Gasteiger partial charge on any atom is -0.430 e. The molecule has 0 aliphatic carbocycles. The smallest absolute Gasteiger partial charge is 0.416 e. The molecule has 6 rings (SSSR count). The predicted molar refractivity (Wildman–Crippen MR) is 161 cm³/mol. The number of benzene rings is 3. The molecule has 0 radical (unpaired) electrons. The van der Waals surface area contributed by atoms with Crippen LogP contribution >= 0.6 is 11.5 Å². The van der Waals surface area contributed by atoms with Gasteiger partial charge in [0.25, 0.3) is 11.1 Å². The van der Waals surface area contributed by atoms with Gasteiger partial charge in [0.2, 0.25) is 0 Å². The average Bonchev–Trinajstić information content (AvgIpc) is 3.48. The number of amides is 1. The molecular weight excluding hydrogens is 591 g/mol. The van der Waals surface area contributed by atoms with Crippen molar-refractivity contribution in [3.05, 3.63) is 101 Å². The van der Waals surface area contributed by atoms with E-state index in [9.17, 15) is 18.0 Å². The van der Waals surface area contributed by atoms with Crippen LogP contribution in [0.4, 0.5) is 18.9 Å². The molecule has 4 aromatic rings. The Kier molecular flexibility index (Phi) is 9.10. The van der Waals surface area contributed by atoms with Crippen molar-refractivity contribution in [1.82, 2.24) is 19.2 Å². The van der Waals surface area contributed by atoms with Gasteiger partial charge in [-0.15, -0.1) is 0 Å². The highest BCUT2D eigenvalue weighted by Crippen LogP contribution is 2.33. The summed E-state index contributed by atoms with van der Waals surface area (Å²) in [6, 6.07) is 20.8. The van der Waals surface area contributed by atoms with Gasteiger partial charge in [0.05, 0.1) is 18.8 Å². The van der Waals surface area contributed by atoms with Crippen molar-refractivity contribution < 1.29 is 27.4 Å². The minimum atomic E-state index is -4.40. The van der Waals surface area contributed by atoms with Crippen LogP contribution in [0.5, 0.6) is 10.9 Å². The van der Waals surface area contributed by atoms with Crippen LogP contribution in [0.3, 0.4) is 0 Å². The van der Waals surface area contributed by atoms with Crippen LogP contribution in [0.25, 0.3) is 0 Å². The van der Waals surface area contributed by atoms with E-state index in [4.69, 9.17) is 9.47 Å². The maximum Gasteiger partial charge on any atom is 0.416 e. The third-order valence-electron chi connectivity index (χ3n) is 7.76. The lowest BCUT2D eigenvalue weighted by Crippen LogP contribution is -2.48. The van der Waals surface area contributed by atoms with Gasteiger partial charge in [-0.3, -0.25) is 9.69 Å². The Morgan fingerprint density at radius 3 is 2.43 bits per heavy atom. The molecule has 2 aliphatic heterocycles. The SMILES string of the molecule is O=C(c1ccc(Oc2nc(Cc3ccccc3)ns2)c(CN2CCOCC2)c1)N1CCN(c2cccc(C(F)(F)F)c2)CC1. The Labute approximate surface area is 257 Å². The number of morpholine rings is 1. The molecule has 0 unspecified atom stereocenters. The topological polar surface area (TPSA) is 71.0 Å². The Morgan fingerprint density at radius 2 is 1.68 bits per heavy atom. The summed E-state index contributed by atoms with van der Waals surface area (Å²) >= 11 is 1.19. The highest BCUT2D eigenvalue weighted by atomic mass is 32.1. The molecule has 2 fully saturated rings. The van der Waals surface area contributed by atoms with E-state index in [0.717, 1.165) is 36.3 Å². The summed E-state index contributed by atoms with van der Waals surface area (Å²) in [6.45, 7) is 5.11. The van der Waals surface area contributed by atoms with Crippen molar-refractivity contribution in [3.63, 3.8) is 0 Å². The first-order valence-electron chi connectivity index (χ1n) is 14.5. The number of aromatic nitrogens is 2. The second-order valence-corrected chi connectivity index (χ2v) is 11.5. The maximum absolute atomic E-state index is 13.6. The lowest BCUT2D eigenvalue weighted by Gasteiger charge is -2.36. The van der Waals surface area contributed by atoms with Crippen molar-refractivity contribution in [2.75, 3.05) is 57.4 Å². The van der Waals surface area contributed by atoms with Crippen molar-refractivity contribution in [3.8, 4) is 10.9 Å². The molecule has 2 saturated heterocycles. The zero-order valence-electron chi connectivity index (χ0n) is 24.0. The van der Waals surface area contributed by atoms with Crippen LogP contribution in [0.15, 0.2) is 72.8 Å². The zero-order chi connectivity index (χ0) is 30.5. The van der Waals surface area contributed by atoms with E-state index in [1.807, 2.05) is 41.3 Å². The van der Waals surface area contributed by atoms with Gasteiger partial charge in [0.1, 0.15) is 5.75 Å². The fourth-order valence-electron chi connectivity index (χ4n) is 5.39. The van der Waals surface area contributed by atoms with E-state index in [-0.39, 0.29) is 5.91 Å². The molecule has 44 heavy (non-hydrogen) atoms. The predicted octanol–water partition coefficient (Wildman–Crippen LogP) is 5.73. The molecule has 0 bridgehead atoms. The Morgan fingerprint density at radius 1 is 0.909 bits per heavy atom. The quantitative estimate of drug-likeness (QED) is 0.248. The molecule has 3 aromatic carbocycles. The van der Waals surface area contributed by atoms with Gasteiger partial charge in [-0.2, -0.15) is 22.5 Å². The van der Waals surface area contributed by atoms with Gasteiger partial charge in [-0.1, -0.05) is 36.4 Å². The summed E-state index contributed by atoms with van der Waals surface area (Å²) < 4.78 is 55.8. The number of rotatable bonds is 8. The number of alkyl halides is 3. The first-order chi connectivity index (χ1) is 21.3. The van der Waals surface area contributed by atoms with Crippen LogP contribution < -0.4 is 9.64 Å². The number of carbonyl (C=O) groups is 1. The molecule has 3 heterocycles. The first kappa shape index (κ1) is 30.0. The minimum absolute atomic E-state index is 0.121. The fraction of sp³-hybridized carbons (Fsp3) is 0.344. The molecule has 0 atom stereocenters. The Bertz CT molecular complexity index is 1570. The molecule has 2 aliphatic rings. The number of nitrogens with zero attached hydrogens (tertiary/aromatic N) is 5. The van der Waals surface area contributed by atoms with Gasteiger partial charge in [-0.25, -0.2) is 0 Å². The van der Waals surface area contributed by atoms with Crippen molar-refractivity contribution in [2.24, 2.45) is 0 Å². The summed E-state index contributed by atoms with van der Waals surface area (Å²) in [5, 5.41) is 0.434. The van der Waals surface area contributed by atoms with Crippen LogP contribution in [0.1, 0.15) is 32.9 Å². The van der Waals surface area contributed by atoms with Crippen molar-refractivity contribution in [1.29, 1.82) is 0 Å². The van der Waals surface area contributed by atoms with Crippen LogP contribution in [-0.2, 0) is 23.9 Å². The third-order valence-corrected chi connectivity index (χ3v) is 8.40. The van der Waals surface area contributed by atoms with Crippen LogP contribution in [0, 0.1) is 0 Å². The van der Waals surface area contributed by atoms with Crippen LogP contribution in [-0.4, -0.2) is 77.5 Å². The molecule has 230 valence electrons. The van der Waals surface area contributed by atoms with Gasteiger partial charge in [-0.05, 0) is 42.0 Å². The van der Waals surface area contributed by atoms with Gasteiger partial charge in [0, 0.05) is 80.6 Å². The standard InChI is InChI=1S/C32H32F3N5O3S/c33-32(34,35)26-7-4-8-27(21-26)39-11-13-40(14-12-39)30(41)24-9-10-28(25(20-24)22-38-15-17-42-18-16-38)43-31-36-29(37-44-31)19-23-5-2-1-3-6-23/h1-10,20-21H,11-19,22H2. The van der Waals surface area contributed by atoms with E-state index in [0.29, 0.717) is 80.4 Å². The molecule has 0 N–H and O–H groups in total. The number of ether oxygens (including phenoxy) is 2. The largest absolute Gasteiger partial charge is 0.430 e. The summed E-state index contributed by atoms with van der Waals surface area (Å²) in [4.78, 5) is 24.1. The lowest BCUT2D eigenvalue weighted by molar-refractivity contribution is -0.137. The lowest BCUT2D eigenvalue weighted by atomic mass is 10.1.